The van der Waals surface area contributed by atoms with Crippen molar-refractivity contribution in [1.82, 2.24) is 36.8 Å². The molecule has 0 aromatic heterocycles. The van der Waals surface area contributed by atoms with E-state index in [1.54, 1.807) is 0 Å². The molecule has 0 spiro atoms. The molecule has 0 aliphatic carbocycles. The third-order valence-corrected chi connectivity index (χ3v) is 10.5. The van der Waals surface area contributed by atoms with Gasteiger partial charge in [0, 0.05) is 6.54 Å². The summed E-state index contributed by atoms with van der Waals surface area (Å²) in [6, 6.07) is -10.7. The number of rotatable bonds is 33. The molecular weight excluding hydrogens is 829 g/mol. The van der Waals surface area contributed by atoms with E-state index in [1.807, 2.05) is 0 Å². The Hall–Kier alpha value is -4.56. The standard InChI is InChI=1S/C39H74N12O12/c1-23(54)31(50-32(55)24(44)11-2-6-16-40)38(61)51-20-10-15-30(51)37(60)46-26(13-4-8-18-42)34(57)48-28(21-52)35(58)45-25(12-3-7-17-41)33(56)49-29(22-53)36(59)47-27(39(62)63)14-5-9-19-43/h23-31,52-54H,2-22,40-44H2,1H3,(H,45,58)(H,46,60)(H,47,59)(H,48,57)(H,49,56)(H,50,55)(H,62,63)/t23-,24+,25+,26+,27+,28+,29+,30+,31+/m1/s1. The molecule has 0 bridgehead atoms. The van der Waals surface area contributed by atoms with E-state index in [9.17, 15) is 58.8 Å². The molecule has 1 saturated heterocycles. The van der Waals surface area contributed by atoms with Crippen LogP contribution >= 0.6 is 0 Å². The molecule has 0 aromatic rings. The van der Waals surface area contributed by atoms with Gasteiger partial charge in [-0.15, -0.1) is 0 Å². The summed E-state index contributed by atoms with van der Waals surface area (Å²) >= 11 is 0. The molecule has 1 rings (SSSR count). The second-order valence-corrected chi connectivity index (χ2v) is 15.7. The highest BCUT2D eigenvalue weighted by atomic mass is 16.4. The number of carboxylic acid groups (broad SMARTS) is 1. The lowest BCUT2D eigenvalue weighted by Gasteiger charge is -2.31. The summed E-state index contributed by atoms with van der Waals surface area (Å²) in [6.07, 6.45) is 3.26. The van der Waals surface area contributed by atoms with Crippen molar-refractivity contribution in [2.75, 3.05) is 45.9 Å². The number of unbranched alkanes of at least 4 members (excludes halogenated alkanes) is 4. The van der Waals surface area contributed by atoms with Gasteiger partial charge in [0.25, 0.3) is 0 Å². The van der Waals surface area contributed by atoms with Crippen LogP contribution in [-0.2, 0) is 38.4 Å². The molecule has 1 aliphatic heterocycles. The fraction of sp³-hybridized carbons (Fsp3) is 0.795. The average molecular weight is 903 g/mol. The van der Waals surface area contributed by atoms with Gasteiger partial charge in [-0.25, -0.2) is 4.79 Å². The van der Waals surface area contributed by atoms with Crippen molar-refractivity contribution in [3.63, 3.8) is 0 Å². The van der Waals surface area contributed by atoms with Gasteiger partial charge in [0.1, 0.15) is 42.3 Å². The van der Waals surface area contributed by atoms with Gasteiger partial charge >= 0.3 is 5.97 Å². The highest BCUT2D eigenvalue weighted by Gasteiger charge is 2.41. The maximum Gasteiger partial charge on any atom is 0.326 e. The number of aliphatic hydroxyl groups excluding tert-OH is 3. The molecule has 20 N–H and O–H groups in total. The number of hydrogen-bond donors (Lipinski definition) is 15. The predicted molar refractivity (Wildman–Crippen MR) is 229 cm³/mol. The monoisotopic (exact) mass is 903 g/mol. The molecule has 0 aromatic carbocycles. The number of nitrogens with zero attached hydrogens (tertiary/aromatic N) is 1. The Morgan fingerprint density at radius 2 is 0.968 bits per heavy atom. The van der Waals surface area contributed by atoms with Crippen LogP contribution in [0.15, 0.2) is 0 Å². The van der Waals surface area contributed by atoms with Crippen LogP contribution in [0.2, 0.25) is 0 Å². The van der Waals surface area contributed by atoms with Crippen LogP contribution in [0.1, 0.15) is 96.8 Å². The van der Waals surface area contributed by atoms with Crippen molar-refractivity contribution in [2.24, 2.45) is 28.7 Å². The largest absolute Gasteiger partial charge is 0.480 e. The number of aliphatic hydroxyl groups is 3. The van der Waals surface area contributed by atoms with E-state index in [4.69, 9.17) is 28.7 Å². The summed E-state index contributed by atoms with van der Waals surface area (Å²) in [7, 11) is 0. The lowest BCUT2D eigenvalue weighted by molar-refractivity contribution is -0.144. The first-order valence-corrected chi connectivity index (χ1v) is 21.8. The Morgan fingerprint density at radius 3 is 1.40 bits per heavy atom. The van der Waals surface area contributed by atoms with Crippen molar-refractivity contribution >= 4 is 47.3 Å². The maximum absolute atomic E-state index is 13.8. The van der Waals surface area contributed by atoms with E-state index in [1.165, 1.54) is 11.8 Å². The van der Waals surface area contributed by atoms with E-state index in [-0.39, 0.29) is 45.3 Å². The molecule has 63 heavy (non-hydrogen) atoms. The molecule has 24 nitrogen and oxygen atoms in total. The Kier molecular flexibility index (Phi) is 28.1. The van der Waals surface area contributed by atoms with Crippen molar-refractivity contribution in [2.45, 2.75) is 151 Å². The molecule has 7 amide bonds. The maximum atomic E-state index is 13.8. The average Bonchev–Trinajstić information content (AvgIpc) is 3.75. The van der Waals surface area contributed by atoms with Gasteiger partial charge in [-0.05, 0) is 117 Å². The number of carboxylic acids is 1. The minimum Gasteiger partial charge on any atom is -0.480 e. The Labute approximate surface area is 368 Å². The summed E-state index contributed by atoms with van der Waals surface area (Å²) in [4.78, 5) is 107. The van der Waals surface area contributed by atoms with Gasteiger partial charge in [0.15, 0.2) is 0 Å². The summed E-state index contributed by atoms with van der Waals surface area (Å²) in [6.45, 7) is 0.784. The molecule has 1 fully saturated rings. The number of nitrogens with two attached hydrogens (primary N) is 5. The molecule has 0 saturated carbocycles. The zero-order valence-corrected chi connectivity index (χ0v) is 36.4. The Morgan fingerprint density at radius 1 is 0.571 bits per heavy atom. The first kappa shape index (κ1) is 56.5. The highest BCUT2D eigenvalue weighted by molar-refractivity contribution is 5.98. The second kappa shape index (κ2) is 31.3. The third-order valence-electron chi connectivity index (χ3n) is 10.5. The second-order valence-electron chi connectivity index (χ2n) is 15.7. The summed E-state index contributed by atoms with van der Waals surface area (Å²) in [5, 5.41) is 54.7. The van der Waals surface area contributed by atoms with Crippen LogP contribution in [0.3, 0.4) is 0 Å². The zero-order chi connectivity index (χ0) is 47.5. The normalized spacial score (nSPS) is 17.5. The van der Waals surface area contributed by atoms with Gasteiger partial charge in [0.05, 0.1) is 25.4 Å². The number of hydrogen-bond acceptors (Lipinski definition) is 16. The van der Waals surface area contributed by atoms with Crippen LogP contribution in [-0.4, -0.2) is 173 Å². The van der Waals surface area contributed by atoms with Crippen molar-refractivity contribution < 1.29 is 58.8 Å². The van der Waals surface area contributed by atoms with E-state index >= 15 is 0 Å². The fourth-order valence-corrected chi connectivity index (χ4v) is 6.79. The molecule has 362 valence electrons. The zero-order valence-electron chi connectivity index (χ0n) is 36.4. The van der Waals surface area contributed by atoms with Crippen LogP contribution in [0.5, 0.6) is 0 Å². The van der Waals surface area contributed by atoms with Gasteiger partial charge in [-0.1, -0.05) is 6.42 Å². The lowest BCUT2D eigenvalue weighted by atomic mass is 10.0. The first-order valence-electron chi connectivity index (χ1n) is 21.8. The molecule has 24 heteroatoms. The van der Waals surface area contributed by atoms with Crippen LogP contribution in [0, 0.1) is 0 Å². The lowest BCUT2D eigenvalue weighted by Crippen LogP contribution is -2.61. The highest BCUT2D eigenvalue weighted by Crippen LogP contribution is 2.20. The van der Waals surface area contributed by atoms with Gasteiger partial charge in [-0.2, -0.15) is 0 Å². The van der Waals surface area contributed by atoms with E-state index in [0.717, 1.165) is 0 Å². The first-order chi connectivity index (χ1) is 30.0. The Bertz CT molecular complexity index is 1460. The number of amides is 7. The third kappa shape index (κ3) is 20.2. The molecular formula is C39H74N12O12. The van der Waals surface area contributed by atoms with Crippen molar-refractivity contribution in [3.05, 3.63) is 0 Å². The van der Waals surface area contributed by atoms with Crippen molar-refractivity contribution in [1.29, 1.82) is 0 Å². The topological polar surface area (TPSA) is 423 Å². The minimum atomic E-state index is -1.65. The summed E-state index contributed by atoms with van der Waals surface area (Å²) in [5.74, 6) is -7.27. The number of carbonyl (C=O) groups is 8. The molecule has 9 atom stereocenters. The minimum absolute atomic E-state index is 0.0208. The molecule has 0 unspecified atom stereocenters. The van der Waals surface area contributed by atoms with Gasteiger partial charge in [0.2, 0.25) is 41.4 Å². The van der Waals surface area contributed by atoms with Crippen LogP contribution in [0.4, 0.5) is 0 Å². The smallest absolute Gasteiger partial charge is 0.326 e. The fourth-order valence-electron chi connectivity index (χ4n) is 6.79. The number of likely N-dealkylation sites (tertiary alicyclic amines) is 1. The van der Waals surface area contributed by atoms with E-state index in [0.29, 0.717) is 77.3 Å². The summed E-state index contributed by atoms with van der Waals surface area (Å²) < 4.78 is 0. The van der Waals surface area contributed by atoms with Crippen molar-refractivity contribution in [3.8, 4) is 0 Å². The predicted octanol–water partition coefficient (Wildman–Crippen LogP) is -5.82. The quantitative estimate of drug-likeness (QED) is 0.0273. The molecule has 1 aliphatic rings. The molecule has 0 radical (unpaired) electrons. The molecule has 1 heterocycles. The van der Waals surface area contributed by atoms with E-state index < -0.39 is 115 Å². The number of nitrogens with one attached hydrogen (secondary N) is 6. The SMILES string of the molecule is C[C@@H](O)[C@H](NC(=O)[C@@H](N)CCCCN)C(=O)N1CCC[C@H]1C(=O)N[C@@H](CCCCN)C(=O)N[C@@H](CO)C(=O)N[C@@H](CCCCN)C(=O)N[C@@H](CO)C(=O)N[C@@H](CCCCN)C(=O)O. The number of carbonyl (C=O) groups excluding carboxylic acids is 7. The Balaban J connectivity index is 3.17. The van der Waals surface area contributed by atoms with Gasteiger partial charge in [-0.3, -0.25) is 33.6 Å². The van der Waals surface area contributed by atoms with Crippen LogP contribution in [0.25, 0.3) is 0 Å². The summed E-state index contributed by atoms with van der Waals surface area (Å²) in [5.41, 5.74) is 28.2. The van der Waals surface area contributed by atoms with E-state index in [2.05, 4.69) is 31.9 Å². The van der Waals surface area contributed by atoms with Gasteiger partial charge < -0.3 is 85.9 Å². The number of aliphatic carboxylic acids is 1. The van der Waals surface area contributed by atoms with Crippen LogP contribution < -0.4 is 60.6 Å².